The van der Waals surface area contributed by atoms with Crippen LogP contribution < -0.4 is 21.3 Å². The van der Waals surface area contributed by atoms with Gasteiger partial charge in [0.2, 0.25) is 17.7 Å². The fourth-order valence-electron chi connectivity index (χ4n) is 6.26. The first kappa shape index (κ1) is 38.5. The lowest BCUT2D eigenvalue weighted by atomic mass is 10.0. The molecule has 1 aromatic heterocycles. The molecule has 278 valence electrons. The zero-order valence-corrected chi connectivity index (χ0v) is 30.7. The number of benzene rings is 3. The summed E-state index contributed by atoms with van der Waals surface area (Å²) < 4.78 is 5.50. The average molecular weight is 721 g/mol. The van der Waals surface area contributed by atoms with Crippen molar-refractivity contribution in [1.29, 1.82) is 0 Å². The van der Waals surface area contributed by atoms with Crippen molar-refractivity contribution in [3.8, 4) is 11.3 Å². The van der Waals surface area contributed by atoms with Gasteiger partial charge in [-0.15, -0.1) is 0 Å². The Morgan fingerprint density at radius 3 is 2.15 bits per heavy atom. The van der Waals surface area contributed by atoms with Crippen molar-refractivity contribution in [3.05, 3.63) is 113 Å². The van der Waals surface area contributed by atoms with E-state index in [0.717, 1.165) is 16.7 Å². The Morgan fingerprint density at radius 1 is 0.811 bits per heavy atom. The molecule has 0 aliphatic carbocycles. The molecule has 2 aliphatic heterocycles. The largest absolute Gasteiger partial charge is 0.360 e. The maximum Gasteiger partial charge on any atom is 0.260 e. The molecule has 3 heterocycles. The van der Waals surface area contributed by atoms with Crippen molar-refractivity contribution >= 4 is 29.5 Å². The number of fused-ring (bicyclic) bond motifs is 18. The van der Waals surface area contributed by atoms with E-state index in [0.29, 0.717) is 54.9 Å². The highest BCUT2D eigenvalue weighted by Gasteiger charge is 2.30. The SMILES string of the molecule is Cc1onc(-c2ccccc2)c1C(=O)N1CCCCNC(=O)[C@@H](C)NC(=O)[C@H](CC(C)C)NC(=O)[C@@H](Cc2ccccc2)NC(=O)c2ccc(cc2)C1. The lowest BCUT2D eigenvalue weighted by molar-refractivity contribution is -0.132. The van der Waals surface area contributed by atoms with Crippen LogP contribution in [0.15, 0.2) is 89.5 Å². The van der Waals surface area contributed by atoms with Gasteiger partial charge < -0.3 is 30.7 Å². The van der Waals surface area contributed by atoms with Crippen molar-refractivity contribution in [1.82, 2.24) is 31.3 Å². The predicted molar refractivity (Wildman–Crippen MR) is 200 cm³/mol. The number of carbonyl (C=O) groups excluding carboxylic acids is 5. The number of rotatable bonds is 6. The van der Waals surface area contributed by atoms with E-state index in [2.05, 4.69) is 26.4 Å². The summed E-state index contributed by atoms with van der Waals surface area (Å²) in [6.45, 7) is 8.11. The number of nitrogens with one attached hydrogen (secondary N) is 4. The first-order valence-corrected chi connectivity index (χ1v) is 18.1. The minimum Gasteiger partial charge on any atom is -0.360 e. The third-order valence-electron chi connectivity index (χ3n) is 9.15. The second kappa shape index (κ2) is 18.1. The van der Waals surface area contributed by atoms with Crippen molar-refractivity contribution < 1.29 is 28.5 Å². The van der Waals surface area contributed by atoms with Crippen LogP contribution in [0.5, 0.6) is 0 Å². The van der Waals surface area contributed by atoms with Gasteiger partial charge in [0.25, 0.3) is 11.8 Å². The molecule has 6 rings (SSSR count). The van der Waals surface area contributed by atoms with Gasteiger partial charge in [-0.3, -0.25) is 24.0 Å². The fraction of sp³-hybridized carbons (Fsp3) is 0.366. The van der Waals surface area contributed by atoms with Crippen molar-refractivity contribution in [2.75, 3.05) is 13.1 Å². The molecule has 0 unspecified atom stereocenters. The molecular weight excluding hydrogens is 672 g/mol. The van der Waals surface area contributed by atoms with Gasteiger partial charge in [0.05, 0.1) is 0 Å². The smallest absolute Gasteiger partial charge is 0.260 e. The van der Waals surface area contributed by atoms with Crippen LogP contribution in [0.2, 0.25) is 0 Å². The summed E-state index contributed by atoms with van der Waals surface area (Å²) >= 11 is 0. The number of aromatic nitrogens is 1. The van der Waals surface area contributed by atoms with E-state index >= 15 is 0 Å². The normalized spacial score (nSPS) is 19.5. The molecule has 0 saturated carbocycles. The van der Waals surface area contributed by atoms with E-state index in [4.69, 9.17) is 4.52 Å². The minimum absolute atomic E-state index is 0.0513. The maximum atomic E-state index is 14.2. The number of hydrogen-bond acceptors (Lipinski definition) is 7. The lowest BCUT2D eigenvalue weighted by Gasteiger charge is -2.25. The molecule has 3 atom stereocenters. The van der Waals surface area contributed by atoms with Crippen LogP contribution >= 0.6 is 0 Å². The molecule has 53 heavy (non-hydrogen) atoms. The molecule has 2 aliphatic rings. The van der Waals surface area contributed by atoms with Crippen LogP contribution in [0, 0.1) is 12.8 Å². The molecule has 0 spiro atoms. The standard InChI is InChI=1S/C41H48N6O6/c1-26(2)23-33-39(50)43-27(3)37(48)42-21-11-12-22-47(41(52)35-28(4)53-46-36(35)31-15-9-6-10-16-31)25-30-17-19-32(20-18-30)38(49)44-34(40(51)45-33)24-29-13-7-5-8-14-29/h5-10,13-20,26-27,33-34H,11-12,21-25H2,1-4H3,(H,42,48)(H,43,50)(H,44,49)(H,45,51)/t27-,33+,34-/m1/s1. The first-order valence-electron chi connectivity index (χ1n) is 18.1. The predicted octanol–water partition coefficient (Wildman–Crippen LogP) is 4.58. The monoisotopic (exact) mass is 720 g/mol. The Balaban J connectivity index is 1.44. The van der Waals surface area contributed by atoms with Crippen LogP contribution in [0.3, 0.4) is 0 Å². The highest BCUT2D eigenvalue weighted by molar-refractivity contribution is 6.01. The van der Waals surface area contributed by atoms with E-state index in [1.807, 2.05) is 74.5 Å². The van der Waals surface area contributed by atoms with Crippen molar-refractivity contribution in [3.63, 3.8) is 0 Å². The minimum atomic E-state index is -0.999. The van der Waals surface area contributed by atoms with Gasteiger partial charge in [-0.25, -0.2) is 0 Å². The van der Waals surface area contributed by atoms with Crippen molar-refractivity contribution in [2.45, 2.75) is 78.0 Å². The Hall–Kier alpha value is -5.78. The van der Waals surface area contributed by atoms with Crippen LogP contribution in [-0.2, 0) is 27.3 Å². The van der Waals surface area contributed by atoms with Crippen LogP contribution in [0.25, 0.3) is 11.3 Å². The second-order valence-corrected chi connectivity index (χ2v) is 13.9. The Bertz CT molecular complexity index is 1880. The van der Waals surface area contributed by atoms with Gasteiger partial charge >= 0.3 is 0 Å². The summed E-state index contributed by atoms with van der Waals surface area (Å²) in [5, 5.41) is 15.6. The molecule has 0 radical (unpaired) electrons. The summed E-state index contributed by atoms with van der Waals surface area (Å²) in [4.78, 5) is 69.9. The van der Waals surface area contributed by atoms with Crippen LogP contribution in [0.1, 0.15) is 77.6 Å². The Morgan fingerprint density at radius 2 is 1.47 bits per heavy atom. The number of aryl methyl sites for hydroxylation is 1. The highest BCUT2D eigenvalue weighted by atomic mass is 16.5. The fourth-order valence-corrected chi connectivity index (χ4v) is 6.26. The number of amides is 5. The Labute approximate surface area is 310 Å². The molecule has 2 bridgehead atoms. The average Bonchev–Trinajstić information content (AvgIpc) is 3.54. The number of nitrogens with zero attached hydrogens (tertiary/aromatic N) is 2. The van der Waals surface area contributed by atoms with E-state index in [1.54, 1.807) is 43.0 Å². The zero-order valence-electron chi connectivity index (χ0n) is 30.7. The first-order chi connectivity index (χ1) is 25.5. The molecule has 3 aromatic carbocycles. The summed E-state index contributed by atoms with van der Waals surface area (Å²) in [5.41, 5.74) is 3.53. The van der Waals surface area contributed by atoms with Gasteiger partial charge in [0.15, 0.2) is 0 Å². The van der Waals surface area contributed by atoms with Crippen LogP contribution in [-0.4, -0.2) is 70.8 Å². The summed E-state index contributed by atoms with van der Waals surface area (Å²) in [6, 6.07) is 22.8. The lowest BCUT2D eigenvalue weighted by Crippen LogP contribution is -2.57. The van der Waals surface area contributed by atoms with Gasteiger partial charge in [-0.1, -0.05) is 91.8 Å². The van der Waals surface area contributed by atoms with Gasteiger partial charge in [0, 0.05) is 37.2 Å². The molecule has 12 nitrogen and oxygen atoms in total. The molecule has 4 aromatic rings. The summed E-state index contributed by atoms with van der Waals surface area (Å²) in [6.07, 6.45) is 1.66. The molecule has 0 fully saturated rings. The highest BCUT2D eigenvalue weighted by Crippen LogP contribution is 2.27. The molecular formula is C41H48N6O6. The summed E-state index contributed by atoms with van der Waals surface area (Å²) in [5.74, 6) is -1.65. The van der Waals surface area contributed by atoms with Gasteiger partial charge in [-0.05, 0) is 62.3 Å². The van der Waals surface area contributed by atoms with E-state index in [-0.39, 0.29) is 30.7 Å². The zero-order chi connectivity index (χ0) is 37.9. The third-order valence-corrected chi connectivity index (χ3v) is 9.15. The van der Waals surface area contributed by atoms with E-state index in [9.17, 15) is 24.0 Å². The Kier molecular flexibility index (Phi) is 13.1. The molecule has 0 saturated heterocycles. The quantitative estimate of drug-likeness (QED) is 0.212. The molecule has 5 amide bonds. The van der Waals surface area contributed by atoms with Gasteiger partial charge in [-0.2, -0.15) is 0 Å². The molecule has 12 heteroatoms. The van der Waals surface area contributed by atoms with E-state index in [1.165, 1.54) is 0 Å². The number of carbonyl (C=O) groups is 5. The second-order valence-electron chi connectivity index (χ2n) is 13.9. The van der Waals surface area contributed by atoms with Crippen LogP contribution in [0.4, 0.5) is 0 Å². The molecule has 4 N–H and O–H groups in total. The topological polar surface area (TPSA) is 163 Å². The van der Waals surface area contributed by atoms with Gasteiger partial charge in [0.1, 0.15) is 35.1 Å². The summed E-state index contributed by atoms with van der Waals surface area (Å²) in [7, 11) is 0. The van der Waals surface area contributed by atoms with Crippen molar-refractivity contribution in [2.24, 2.45) is 5.92 Å². The third kappa shape index (κ3) is 10.4. The number of hydrogen-bond donors (Lipinski definition) is 4. The van der Waals surface area contributed by atoms with E-state index < -0.39 is 35.8 Å². The maximum absolute atomic E-state index is 14.2.